The lowest BCUT2D eigenvalue weighted by atomic mass is 10.3. The summed E-state index contributed by atoms with van der Waals surface area (Å²) in [4.78, 5) is 31.8. The summed E-state index contributed by atoms with van der Waals surface area (Å²) in [5.74, 6) is 0.912. The Morgan fingerprint density at radius 2 is 2.05 bits per heavy atom. The van der Waals surface area contributed by atoms with Crippen molar-refractivity contribution in [3.05, 3.63) is 46.9 Å². The standard InChI is InChI=1S/C14H16N4O3/c1-16-10-15-12(9-13(16)19)17-4-6-18(7-5-17)14(20)11-3-2-8-21-11/h2-3,8-10H,4-7H2,1H3. The maximum absolute atomic E-state index is 12.1. The van der Waals surface area contributed by atoms with Crippen molar-refractivity contribution >= 4 is 11.7 Å². The summed E-state index contributed by atoms with van der Waals surface area (Å²) in [5, 5.41) is 0. The fourth-order valence-corrected chi connectivity index (χ4v) is 2.32. The van der Waals surface area contributed by atoms with Gasteiger partial charge in [0.15, 0.2) is 5.76 Å². The monoisotopic (exact) mass is 288 g/mol. The first-order valence-electron chi connectivity index (χ1n) is 6.75. The minimum absolute atomic E-state index is 0.0888. The quantitative estimate of drug-likeness (QED) is 0.796. The average Bonchev–Trinajstić information content (AvgIpc) is 3.04. The molecule has 3 rings (SSSR count). The predicted molar refractivity (Wildman–Crippen MR) is 76.3 cm³/mol. The van der Waals surface area contributed by atoms with Crippen LogP contribution in [0.3, 0.4) is 0 Å². The Morgan fingerprint density at radius 3 is 2.67 bits per heavy atom. The van der Waals surface area contributed by atoms with E-state index in [2.05, 4.69) is 4.98 Å². The van der Waals surface area contributed by atoms with E-state index in [1.165, 1.54) is 23.2 Å². The number of aromatic nitrogens is 2. The molecular formula is C14H16N4O3. The largest absolute Gasteiger partial charge is 0.459 e. The Kier molecular flexibility index (Phi) is 3.47. The van der Waals surface area contributed by atoms with Crippen LogP contribution in [0.4, 0.5) is 5.82 Å². The van der Waals surface area contributed by atoms with Crippen LogP contribution in [0.25, 0.3) is 0 Å². The third-order valence-corrected chi connectivity index (χ3v) is 3.59. The first-order valence-corrected chi connectivity index (χ1v) is 6.75. The first-order chi connectivity index (χ1) is 10.1. The number of aryl methyl sites for hydroxylation is 1. The van der Waals surface area contributed by atoms with E-state index in [4.69, 9.17) is 4.42 Å². The van der Waals surface area contributed by atoms with E-state index >= 15 is 0 Å². The Labute approximate surface area is 121 Å². The van der Waals surface area contributed by atoms with Crippen LogP contribution in [-0.4, -0.2) is 46.5 Å². The van der Waals surface area contributed by atoms with Gasteiger partial charge in [0.05, 0.1) is 12.6 Å². The summed E-state index contributed by atoms with van der Waals surface area (Å²) in [5.41, 5.74) is -0.0888. The van der Waals surface area contributed by atoms with Gasteiger partial charge in [-0.3, -0.25) is 9.59 Å². The van der Waals surface area contributed by atoms with Crippen LogP contribution < -0.4 is 10.5 Å². The molecule has 0 spiro atoms. The fourth-order valence-electron chi connectivity index (χ4n) is 2.32. The minimum atomic E-state index is -0.100. The molecular weight excluding hydrogens is 272 g/mol. The summed E-state index contributed by atoms with van der Waals surface area (Å²) in [6, 6.07) is 4.88. The Balaban J connectivity index is 1.66. The zero-order chi connectivity index (χ0) is 14.8. The van der Waals surface area contributed by atoms with Crippen LogP contribution in [0.15, 0.2) is 40.0 Å². The predicted octanol–water partition coefficient (Wildman–Crippen LogP) is 0.336. The van der Waals surface area contributed by atoms with Gasteiger partial charge in [-0.15, -0.1) is 0 Å². The highest BCUT2D eigenvalue weighted by Gasteiger charge is 2.24. The van der Waals surface area contributed by atoms with E-state index in [1.807, 2.05) is 4.90 Å². The van der Waals surface area contributed by atoms with Gasteiger partial charge in [-0.1, -0.05) is 0 Å². The van der Waals surface area contributed by atoms with E-state index in [0.717, 1.165) is 0 Å². The molecule has 7 nitrogen and oxygen atoms in total. The molecule has 1 aliphatic heterocycles. The highest BCUT2D eigenvalue weighted by molar-refractivity contribution is 5.91. The van der Waals surface area contributed by atoms with Gasteiger partial charge in [0.25, 0.3) is 11.5 Å². The molecule has 1 amide bonds. The summed E-state index contributed by atoms with van der Waals surface area (Å²) in [7, 11) is 1.67. The van der Waals surface area contributed by atoms with Crippen LogP contribution in [0.1, 0.15) is 10.6 Å². The van der Waals surface area contributed by atoms with Crippen molar-refractivity contribution in [3.63, 3.8) is 0 Å². The number of amides is 1. The number of carbonyl (C=O) groups excluding carboxylic acids is 1. The van der Waals surface area contributed by atoms with E-state index < -0.39 is 0 Å². The van der Waals surface area contributed by atoms with Crippen molar-refractivity contribution in [2.75, 3.05) is 31.1 Å². The molecule has 7 heteroatoms. The molecule has 0 atom stereocenters. The molecule has 0 N–H and O–H groups in total. The summed E-state index contributed by atoms with van der Waals surface area (Å²) >= 11 is 0. The Morgan fingerprint density at radius 1 is 1.29 bits per heavy atom. The van der Waals surface area contributed by atoms with E-state index in [1.54, 1.807) is 24.1 Å². The van der Waals surface area contributed by atoms with Gasteiger partial charge >= 0.3 is 0 Å². The molecule has 0 saturated carbocycles. The third kappa shape index (κ3) is 2.67. The third-order valence-electron chi connectivity index (χ3n) is 3.59. The number of furan rings is 1. The Bertz CT molecular complexity index is 684. The molecule has 2 aromatic heterocycles. The number of piperazine rings is 1. The number of anilines is 1. The van der Waals surface area contributed by atoms with Crippen LogP contribution in [0.2, 0.25) is 0 Å². The molecule has 0 bridgehead atoms. The number of hydrogen-bond donors (Lipinski definition) is 0. The zero-order valence-corrected chi connectivity index (χ0v) is 11.7. The highest BCUT2D eigenvalue weighted by Crippen LogP contribution is 2.13. The van der Waals surface area contributed by atoms with E-state index in [9.17, 15) is 9.59 Å². The maximum Gasteiger partial charge on any atom is 0.289 e. The Hall–Kier alpha value is -2.57. The lowest BCUT2D eigenvalue weighted by Gasteiger charge is -2.34. The molecule has 0 unspecified atom stereocenters. The van der Waals surface area contributed by atoms with Gasteiger partial charge in [0.1, 0.15) is 5.82 Å². The molecule has 0 aliphatic carbocycles. The normalized spacial score (nSPS) is 15.3. The lowest BCUT2D eigenvalue weighted by molar-refractivity contribution is 0.0714. The maximum atomic E-state index is 12.1. The smallest absolute Gasteiger partial charge is 0.289 e. The molecule has 1 fully saturated rings. The van der Waals surface area contributed by atoms with Crippen molar-refractivity contribution in [1.29, 1.82) is 0 Å². The topological polar surface area (TPSA) is 71.6 Å². The van der Waals surface area contributed by atoms with E-state index in [-0.39, 0.29) is 11.5 Å². The molecule has 110 valence electrons. The van der Waals surface area contributed by atoms with E-state index in [0.29, 0.717) is 37.8 Å². The number of nitrogens with zero attached hydrogens (tertiary/aromatic N) is 4. The molecule has 21 heavy (non-hydrogen) atoms. The zero-order valence-electron chi connectivity index (χ0n) is 11.7. The summed E-state index contributed by atoms with van der Waals surface area (Å²) in [6.07, 6.45) is 3.01. The van der Waals surface area contributed by atoms with Crippen molar-refractivity contribution in [3.8, 4) is 0 Å². The van der Waals surface area contributed by atoms with Crippen LogP contribution >= 0.6 is 0 Å². The first kappa shape index (κ1) is 13.4. The molecule has 0 aromatic carbocycles. The van der Waals surface area contributed by atoms with Crippen molar-refractivity contribution in [2.45, 2.75) is 0 Å². The SMILES string of the molecule is Cn1cnc(N2CCN(C(=O)c3ccco3)CC2)cc1=O. The van der Waals surface area contributed by atoms with Crippen molar-refractivity contribution < 1.29 is 9.21 Å². The molecule has 3 heterocycles. The van der Waals surface area contributed by atoms with Gasteiger partial charge in [-0.05, 0) is 12.1 Å². The second kappa shape index (κ2) is 5.43. The number of carbonyl (C=O) groups is 1. The van der Waals surface area contributed by atoms with Gasteiger partial charge in [-0.25, -0.2) is 4.98 Å². The van der Waals surface area contributed by atoms with Gasteiger partial charge in [0, 0.05) is 39.3 Å². The second-order valence-electron chi connectivity index (χ2n) is 4.95. The summed E-state index contributed by atoms with van der Waals surface area (Å²) < 4.78 is 6.56. The number of hydrogen-bond acceptors (Lipinski definition) is 5. The summed E-state index contributed by atoms with van der Waals surface area (Å²) in [6.45, 7) is 2.45. The number of rotatable bonds is 2. The van der Waals surface area contributed by atoms with Gasteiger partial charge in [-0.2, -0.15) is 0 Å². The molecule has 1 saturated heterocycles. The van der Waals surface area contributed by atoms with Crippen LogP contribution in [0.5, 0.6) is 0 Å². The van der Waals surface area contributed by atoms with Crippen LogP contribution in [0, 0.1) is 0 Å². The molecule has 0 radical (unpaired) electrons. The lowest BCUT2D eigenvalue weighted by Crippen LogP contribution is -2.49. The van der Waals surface area contributed by atoms with Crippen molar-refractivity contribution in [1.82, 2.24) is 14.5 Å². The van der Waals surface area contributed by atoms with Crippen molar-refractivity contribution in [2.24, 2.45) is 7.05 Å². The highest BCUT2D eigenvalue weighted by atomic mass is 16.3. The minimum Gasteiger partial charge on any atom is -0.459 e. The molecule has 2 aromatic rings. The van der Waals surface area contributed by atoms with Crippen LogP contribution in [-0.2, 0) is 7.05 Å². The van der Waals surface area contributed by atoms with Gasteiger partial charge in [0.2, 0.25) is 0 Å². The van der Waals surface area contributed by atoms with Gasteiger partial charge < -0.3 is 18.8 Å². The second-order valence-corrected chi connectivity index (χ2v) is 4.95. The average molecular weight is 288 g/mol. The molecule has 1 aliphatic rings. The fraction of sp³-hybridized carbons (Fsp3) is 0.357.